The van der Waals surface area contributed by atoms with Crippen LogP contribution in [0.15, 0.2) is 23.0 Å². The number of H-pyrrole nitrogens is 1. The summed E-state index contributed by atoms with van der Waals surface area (Å²) in [5.41, 5.74) is 6.78. The lowest BCUT2D eigenvalue weighted by Gasteiger charge is -2.40. The Morgan fingerprint density at radius 1 is 1.46 bits per heavy atom. The molecule has 0 amide bonds. The number of nitrogens with one attached hydrogen (secondary N) is 1. The SMILES string of the molecule is NCC1(c2cccc(=O)[nH]2)CCC1. The summed E-state index contributed by atoms with van der Waals surface area (Å²) in [7, 11) is 0. The maximum atomic E-state index is 11.1. The first kappa shape index (κ1) is 8.51. The second kappa shape index (κ2) is 3.00. The molecule has 0 radical (unpaired) electrons. The van der Waals surface area contributed by atoms with Crippen LogP contribution >= 0.6 is 0 Å². The monoisotopic (exact) mass is 178 g/mol. The highest BCUT2D eigenvalue weighted by Crippen LogP contribution is 2.41. The Balaban J connectivity index is 2.38. The van der Waals surface area contributed by atoms with Gasteiger partial charge < -0.3 is 10.7 Å². The Morgan fingerprint density at radius 2 is 2.23 bits per heavy atom. The first-order chi connectivity index (χ1) is 6.27. The lowest BCUT2D eigenvalue weighted by Crippen LogP contribution is -2.43. The Bertz CT molecular complexity index is 346. The van der Waals surface area contributed by atoms with Gasteiger partial charge in [-0.15, -0.1) is 0 Å². The molecule has 2 rings (SSSR count). The van der Waals surface area contributed by atoms with Gasteiger partial charge in [0.15, 0.2) is 0 Å². The predicted molar refractivity (Wildman–Crippen MR) is 51.6 cm³/mol. The van der Waals surface area contributed by atoms with Gasteiger partial charge in [-0.25, -0.2) is 0 Å². The van der Waals surface area contributed by atoms with E-state index in [2.05, 4.69) is 4.98 Å². The molecule has 0 unspecified atom stereocenters. The van der Waals surface area contributed by atoms with Crippen LogP contribution in [0.4, 0.5) is 0 Å². The molecule has 1 aromatic heterocycles. The maximum Gasteiger partial charge on any atom is 0.248 e. The number of aromatic amines is 1. The Morgan fingerprint density at radius 3 is 2.69 bits per heavy atom. The van der Waals surface area contributed by atoms with Crippen molar-refractivity contribution in [2.45, 2.75) is 24.7 Å². The summed E-state index contributed by atoms with van der Waals surface area (Å²) in [5, 5.41) is 0. The zero-order valence-corrected chi connectivity index (χ0v) is 7.55. The van der Waals surface area contributed by atoms with E-state index in [0.29, 0.717) is 6.54 Å². The molecule has 13 heavy (non-hydrogen) atoms. The molecular weight excluding hydrogens is 164 g/mol. The lowest BCUT2D eigenvalue weighted by molar-refractivity contribution is 0.245. The lowest BCUT2D eigenvalue weighted by atomic mass is 9.66. The van der Waals surface area contributed by atoms with Crippen LogP contribution in [0.1, 0.15) is 25.0 Å². The Hall–Kier alpha value is -1.09. The molecule has 1 aliphatic rings. The van der Waals surface area contributed by atoms with Crippen molar-refractivity contribution >= 4 is 0 Å². The van der Waals surface area contributed by atoms with Crippen molar-refractivity contribution in [3.8, 4) is 0 Å². The third-order valence-electron chi connectivity index (χ3n) is 3.04. The largest absolute Gasteiger partial charge is 0.330 e. The summed E-state index contributed by atoms with van der Waals surface area (Å²) in [4.78, 5) is 14.0. The van der Waals surface area contributed by atoms with Crippen molar-refractivity contribution < 1.29 is 0 Å². The molecule has 3 N–H and O–H groups in total. The van der Waals surface area contributed by atoms with Crippen molar-refractivity contribution in [2.75, 3.05) is 6.54 Å². The van der Waals surface area contributed by atoms with Gasteiger partial charge in [0.1, 0.15) is 0 Å². The summed E-state index contributed by atoms with van der Waals surface area (Å²) in [6, 6.07) is 5.30. The summed E-state index contributed by atoms with van der Waals surface area (Å²) in [6.07, 6.45) is 3.42. The smallest absolute Gasteiger partial charge is 0.248 e. The molecule has 0 aromatic carbocycles. The van der Waals surface area contributed by atoms with E-state index in [0.717, 1.165) is 18.5 Å². The minimum atomic E-state index is -0.0303. The van der Waals surface area contributed by atoms with Crippen molar-refractivity contribution in [1.82, 2.24) is 4.98 Å². The standard InChI is InChI=1S/C10H14N2O/c11-7-10(5-2-6-10)8-3-1-4-9(13)12-8/h1,3-4H,2,5-7,11H2,(H,12,13). The highest BCUT2D eigenvalue weighted by atomic mass is 16.1. The number of aromatic nitrogens is 1. The van der Waals surface area contributed by atoms with Crippen LogP contribution in [0, 0.1) is 0 Å². The second-order valence-electron chi connectivity index (χ2n) is 3.77. The minimum absolute atomic E-state index is 0.0303. The quantitative estimate of drug-likeness (QED) is 0.702. The van der Waals surface area contributed by atoms with Gasteiger partial charge in [-0.1, -0.05) is 12.5 Å². The number of hydrogen-bond donors (Lipinski definition) is 2. The van der Waals surface area contributed by atoms with Crippen LogP contribution in [0.3, 0.4) is 0 Å². The van der Waals surface area contributed by atoms with Gasteiger partial charge in [0, 0.05) is 23.7 Å². The molecule has 3 heteroatoms. The van der Waals surface area contributed by atoms with E-state index < -0.39 is 0 Å². The summed E-state index contributed by atoms with van der Waals surface area (Å²) in [5.74, 6) is 0. The number of nitrogens with two attached hydrogens (primary N) is 1. The zero-order chi connectivity index (χ0) is 9.31. The van der Waals surface area contributed by atoms with Crippen molar-refractivity contribution in [3.63, 3.8) is 0 Å². The molecule has 0 bridgehead atoms. The normalized spacial score (nSPS) is 19.5. The molecule has 3 nitrogen and oxygen atoms in total. The van der Waals surface area contributed by atoms with E-state index in [-0.39, 0.29) is 11.0 Å². The number of pyridine rings is 1. The van der Waals surface area contributed by atoms with Crippen molar-refractivity contribution in [3.05, 3.63) is 34.2 Å². The van der Waals surface area contributed by atoms with Gasteiger partial charge >= 0.3 is 0 Å². The first-order valence-corrected chi connectivity index (χ1v) is 4.67. The van der Waals surface area contributed by atoms with Crippen LogP contribution in [0.25, 0.3) is 0 Å². The maximum absolute atomic E-state index is 11.1. The minimum Gasteiger partial charge on any atom is -0.330 e. The molecule has 70 valence electrons. The molecular formula is C10H14N2O. The topological polar surface area (TPSA) is 58.9 Å². The van der Waals surface area contributed by atoms with Crippen LogP contribution < -0.4 is 11.3 Å². The van der Waals surface area contributed by atoms with Gasteiger partial charge in [0.05, 0.1) is 0 Å². The fraction of sp³-hybridized carbons (Fsp3) is 0.500. The second-order valence-corrected chi connectivity index (χ2v) is 3.77. The van der Waals surface area contributed by atoms with Crippen LogP contribution in [-0.2, 0) is 5.41 Å². The van der Waals surface area contributed by atoms with E-state index in [1.165, 1.54) is 12.5 Å². The summed E-state index contributed by atoms with van der Waals surface area (Å²) in [6.45, 7) is 0.632. The molecule has 0 saturated heterocycles. The average Bonchev–Trinajstić information content (AvgIpc) is 2.03. The van der Waals surface area contributed by atoms with Gasteiger partial charge in [-0.3, -0.25) is 4.79 Å². The molecule has 1 aromatic rings. The third-order valence-corrected chi connectivity index (χ3v) is 3.04. The van der Waals surface area contributed by atoms with E-state index >= 15 is 0 Å². The molecule has 1 heterocycles. The molecule has 0 aliphatic heterocycles. The van der Waals surface area contributed by atoms with Gasteiger partial charge in [-0.2, -0.15) is 0 Å². The Labute approximate surface area is 77.0 Å². The highest BCUT2D eigenvalue weighted by molar-refractivity contribution is 5.21. The molecule has 0 atom stereocenters. The van der Waals surface area contributed by atoms with Crippen LogP contribution in [0.2, 0.25) is 0 Å². The first-order valence-electron chi connectivity index (χ1n) is 4.67. The molecule has 1 aliphatic carbocycles. The van der Waals surface area contributed by atoms with Crippen molar-refractivity contribution in [2.24, 2.45) is 5.73 Å². The van der Waals surface area contributed by atoms with E-state index in [4.69, 9.17) is 5.73 Å². The van der Waals surface area contributed by atoms with E-state index in [9.17, 15) is 4.79 Å². The highest BCUT2D eigenvalue weighted by Gasteiger charge is 2.37. The average molecular weight is 178 g/mol. The van der Waals surface area contributed by atoms with Gasteiger partial charge in [0.2, 0.25) is 5.56 Å². The number of hydrogen-bond acceptors (Lipinski definition) is 2. The van der Waals surface area contributed by atoms with Crippen molar-refractivity contribution in [1.29, 1.82) is 0 Å². The number of rotatable bonds is 2. The molecule has 1 fully saturated rings. The Kier molecular flexibility index (Phi) is 1.96. The van der Waals surface area contributed by atoms with E-state index in [1.54, 1.807) is 6.07 Å². The predicted octanol–water partition coefficient (Wildman–Crippen LogP) is 0.755. The van der Waals surface area contributed by atoms with Gasteiger partial charge in [0.25, 0.3) is 0 Å². The van der Waals surface area contributed by atoms with Gasteiger partial charge in [-0.05, 0) is 18.9 Å². The fourth-order valence-corrected chi connectivity index (χ4v) is 1.94. The van der Waals surface area contributed by atoms with E-state index in [1.807, 2.05) is 6.07 Å². The summed E-state index contributed by atoms with van der Waals surface area (Å²) >= 11 is 0. The van der Waals surface area contributed by atoms with Crippen LogP contribution in [0.5, 0.6) is 0 Å². The zero-order valence-electron chi connectivity index (χ0n) is 7.55. The van der Waals surface area contributed by atoms with Crippen LogP contribution in [-0.4, -0.2) is 11.5 Å². The molecule has 0 spiro atoms. The fourth-order valence-electron chi connectivity index (χ4n) is 1.94. The molecule has 1 saturated carbocycles. The summed E-state index contributed by atoms with van der Waals surface area (Å²) < 4.78 is 0. The third kappa shape index (κ3) is 1.29.